The molecule has 7 nitrogen and oxygen atoms in total. The van der Waals surface area contributed by atoms with Crippen molar-refractivity contribution in [2.45, 2.75) is 25.9 Å². The summed E-state index contributed by atoms with van der Waals surface area (Å²) in [5.74, 6) is 1.85. The number of hydrogen-bond acceptors (Lipinski definition) is 4. The quantitative estimate of drug-likeness (QED) is 0.558. The Morgan fingerprint density at radius 2 is 2.17 bits per heavy atom. The van der Waals surface area contributed by atoms with Crippen LogP contribution in [0.4, 0.5) is 13.2 Å². The van der Waals surface area contributed by atoms with Crippen molar-refractivity contribution < 1.29 is 13.2 Å². The van der Waals surface area contributed by atoms with E-state index in [-0.39, 0.29) is 5.92 Å². The van der Waals surface area contributed by atoms with Crippen LogP contribution >= 0.6 is 0 Å². The number of nitrogens with zero attached hydrogens (tertiary/aromatic N) is 6. The van der Waals surface area contributed by atoms with Crippen LogP contribution in [0.5, 0.6) is 0 Å². The van der Waals surface area contributed by atoms with Gasteiger partial charge in [0.1, 0.15) is 5.82 Å². The van der Waals surface area contributed by atoms with Gasteiger partial charge in [-0.2, -0.15) is 13.2 Å². The molecular formula is C19H28F3N7. The number of alkyl halides is 3. The van der Waals surface area contributed by atoms with Crippen molar-refractivity contribution in [2.75, 3.05) is 46.3 Å². The van der Waals surface area contributed by atoms with Gasteiger partial charge in [-0.25, -0.2) is 0 Å². The minimum atomic E-state index is -4.15. The van der Waals surface area contributed by atoms with E-state index in [1.54, 1.807) is 14.0 Å². The molecule has 10 heteroatoms. The first kappa shape index (κ1) is 21.4. The van der Waals surface area contributed by atoms with Gasteiger partial charge in [0.2, 0.25) is 0 Å². The van der Waals surface area contributed by atoms with Gasteiger partial charge in [0.15, 0.2) is 11.6 Å². The standard InChI is InChI=1S/C19H28F3N7/c1-3-27(14-19(20,21)22)12-15-8-11-28(13-15)18(23-2)24-9-7-17-26-25-16-6-4-5-10-29(16)17/h4-6,10,15H,3,7-9,11-14H2,1-2H3,(H,23,24). The lowest BCUT2D eigenvalue weighted by molar-refractivity contribution is -0.146. The van der Waals surface area contributed by atoms with Crippen LogP contribution in [-0.2, 0) is 6.42 Å². The zero-order valence-corrected chi connectivity index (χ0v) is 16.9. The number of nitrogens with one attached hydrogen (secondary N) is 1. The second kappa shape index (κ2) is 9.43. The fourth-order valence-electron chi connectivity index (χ4n) is 3.78. The number of likely N-dealkylation sites (tertiary alicyclic amines) is 1. The summed E-state index contributed by atoms with van der Waals surface area (Å²) in [6.07, 6.45) is -0.663. The van der Waals surface area contributed by atoms with Gasteiger partial charge in [0.25, 0.3) is 0 Å². The number of fused-ring (bicyclic) bond motifs is 1. The molecule has 1 aliphatic heterocycles. The fourth-order valence-corrected chi connectivity index (χ4v) is 3.78. The Morgan fingerprint density at radius 3 is 2.90 bits per heavy atom. The molecule has 0 spiro atoms. The van der Waals surface area contributed by atoms with Gasteiger partial charge in [0.05, 0.1) is 6.54 Å². The molecule has 0 amide bonds. The summed E-state index contributed by atoms with van der Waals surface area (Å²) in [5.41, 5.74) is 0.814. The third kappa shape index (κ3) is 5.81. The molecule has 0 aromatic carbocycles. The molecule has 0 aliphatic carbocycles. The van der Waals surface area contributed by atoms with Crippen molar-refractivity contribution in [3.8, 4) is 0 Å². The van der Waals surface area contributed by atoms with Crippen LogP contribution in [0.1, 0.15) is 19.2 Å². The first-order valence-electron chi connectivity index (χ1n) is 9.93. The average molecular weight is 411 g/mol. The van der Waals surface area contributed by atoms with E-state index in [9.17, 15) is 13.2 Å². The highest BCUT2D eigenvalue weighted by atomic mass is 19.4. The van der Waals surface area contributed by atoms with Crippen LogP contribution in [0.15, 0.2) is 29.4 Å². The zero-order valence-electron chi connectivity index (χ0n) is 16.9. The highest BCUT2D eigenvalue weighted by Crippen LogP contribution is 2.21. The minimum absolute atomic E-state index is 0.205. The molecular weight excluding hydrogens is 383 g/mol. The number of guanidine groups is 1. The molecule has 0 radical (unpaired) electrons. The molecule has 3 rings (SSSR count). The summed E-state index contributed by atoms with van der Waals surface area (Å²) >= 11 is 0. The van der Waals surface area contributed by atoms with E-state index in [4.69, 9.17) is 0 Å². The molecule has 3 heterocycles. The highest BCUT2D eigenvalue weighted by Gasteiger charge is 2.33. The molecule has 1 fully saturated rings. The Hall–Kier alpha value is -2.36. The largest absolute Gasteiger partial charge is 0.401 e. The molecule has 2 aromatic rings. The van der Waals surface area contributed by atoms with Gasteiger partial charge < -0.3 is 10.2 Å². The summed E-state index contributed by atoms with van der Waals surface area (Å²) in [5, 5.41) is 11.7. The number of pyridine rings is 1. The fraction of sp³-hybridized carbons (Fsp3) is 0.632. The van der Waals surface area contributed by atoms with Crippen LogP contribution in [0.2, 0.25) is 0 Å². The summed E-state index contributed by atoms with van der Waals surface area (Å²) in [7, 11) is 1.73. The molecule has 0 saturated carbocycles. The second-order valence-corrected chi connectivity index (χ2v) is 7.31. The third-order valence-electron chi connectivity index (χ3n) is 5.18. The molecule has 1 unspecified atom stereocenters. The van der Waals surface area contributed by atoms with E-state index in [1.807, 2.05) is 28.8 Å². The topological polar surface area (TPSA) is 61.1 Å². The Labute approximate surface area is 168 Å². The molecule has 1 saturated heterocycles. The summed E-state index contributed by atoms with van der Waals surface area (Å²) in [6, 6.07) is 5.77. The summed E-state index contributed by atoms with van der Waals surface area (Å²) < 4.78 is 40.0. The van der Waals surface area contributed by atoms with Crippen molar-refractivity contribution in [1.82, 2.24) is 29.7 Å². The molecule has 1 atom stereocenters. The van der Waals surface area contributed by atoms with Crippen LogP contribution < -0.4 is 5.32 Å². The minimum Gasteiger partial charge on any atom is -0.356 e. The van der Waals surface area contributed by atoms with Crippen molar-refractivity contribution in [1.29, 1.82) is 0 Å². The molecule has 29 heavy (non-hydrogen) atoms. The van der Waals surface area contributed by atoms with Gasteiger partial charge in [-0.15, -0.1) is 10.2 Å². The normalized spacial score (nSPS) is 18.2. The molecule has 1 N–H and O–H groups in total. The maximum absolute atomic E-state index is 12.7. The predicted molar refractivity (Wildman–Crippen MR) is 106 cm³/mol. The van der Waals surface area contributed by atoms with Crippen LogP contribution in [0.25, 0.3) is 5.65 Å². The van der Waals surface area contributed by atoms with Gasteiger partial charge in [-0.3, -0.25) is 14.3 Å². The van der Waals surface area contributed by atoms with Crippen molar-refractivity contribution in [3.63, 3.8) is 0 Å². The van der Waals surface area contributed by atoms with E-state index < -0.39 is 12.7 Å². The lowest BCUT2D eigenvalue weighted by Crippen LogP contribution is -2.42. The van der Waals surface area contributed by atoms with E-state index in [0.717, 1.165) is 30.4 Å². The first-order valence-corrected chi connectivity index (χ1v) is 9.93. The summed E-state index contributed by atoms with van der Waals surface area (Å²) in [6.45, 7) is 3.93. The van der Waals surface area contributed by atoms with Crippen molar-refractivity contribution in [2.24, 2.45) is 10.9 Å². The predicted octanol–water partition coefficient (Wildman–Crippen LogP) is 2.05. The molecule has 0 bridgehead atoms. The zero-order chi connectivity index (χ0) is 20.9. The lowest BCUT2D eigenvalue weighted by atomic mass is 10.1. The number of aromatic nitrogens is 3. The number of aliphatic imine (C=N–C) groups is 1. The van der Waals surface area contributed by atoms with Crippen molar-refractivity contribution >= 4 is 11.6 Å². The van der Waals surface area contributed by atoms with Gasteiger partial charge >= 0.3 is 6.18 Å². The maximum atomic E-state index is 12.7. The second-order valence-electron chi connectivity index (χ2n) is 7.31. The third-order valence-corrected chi connectivity index (χ3v) is 5.18. The van der Waals surface area contributed by atoms with Gasteiger partial charge in [0, 0.05) is 45.8 Å². The summed E-state index contributed by atoms with van der Waals surface area (Å²) in [4.78, 5) is 7.93. The Morgan fingerprint density at radius 1 is 1.34 bits per heavy atom. The first-order chi connectivity index (χ1) is 13.9. The number of rotatable bonds is 7. The Kier molecular flexibility index (Phi) is 6.94. The SMILES string of the molecule is CCN(CC1CCN(C(=NC)NCCc2nnc3ccccn23)C1)CC(F)(F)F. The molecule has 1 aliphatic rings. The van der Waals surface area contributed by atoms with E-state index >= 15 is 0 Å². The van der Waals surface area contributed by atoms with Gasteiger partial charge in [-0.05, 0) is 31.0 Å². The average Bonchev–Trinajstić information content (AvgIpc) is 3.31. The number of hydrogen-bond donors (Lipinski definition) is 1. The monoisotopic (exact) mass is 411 g/mol. The van der Waals surface area contributed by atoms with Crippen LogP contribution in [0, 0.1) is 5.92 Å². The van der Waals surface area contributed by atoms with Gasteiger partial charge in [-0.1, -0.05) is 13.0 Å². The molecule has 2 aromatic heterocycles. The van der Waals surface area contributed by atoms with E-state index in [1.165, 1.54) is 4.90 Å². The Bertz CT molecular complexity index is 817. The molecule has 160 valence electrons. The Balaban J connectivity index is 1.48. The van der Waals surface area contributed by atoms with E-state index in [0.29, 0.717) is 32.6 Å². The van der Waals surface area contributed by atoms with E-state index in [2.05, 4.69) is 25.4 Å². The number of halogens is 3. The lowest BCUT2D eigenvalue weighted by Gasteiger charge is -2.26. The van der Waals surface area contributed by atoms with Crippen LogP contribution in [-0.4, -0.2) is 82.8 Å². The maximum Gasteiger partial charge on any atom is 0.401 e. The highest BCUT2D eigenvalue weighted by molar-refractivity contribution is 5.80. The smallest absolute Gasteiger partial charge is 0.356 e. The van der Waals surface area contributed by atoms with Crippen LogP contribution in [0.3, 0.4) is 0 Å². The van der Waals surface area contributed by atoms with Crippen molar-refractivity contribution in [3.05, 3.63) is 30.2 Å².